The standard InChI is InChI=1S/C11H12BrNOS/c1-8-4-10(15-11(8)12)6-13-5-9-2-3-14-7-9/h2-4,7,13H,5-6H2,1H3. The Hall–Kier alpha value is -0.580. The van der Waals surface area contributed by atoms with Gasteiger partial charge in [-0.2, -0.15) is 0 Å². The van der Waals surface area contributed by atoms with Crippen LogP contribution in [-0.2, 0) is 13.1 Å². The smallest absolute Gasteiger partial charge is 0.0947 e. The van der Waals surface area contributed by atoms with E-state index in [1.54, 1.807) is 23.9 Å². The third-order valence-electron chi connectivity index (χ3n) is 2.12. The molecule has 0 aliphatic rings. The maximum absolute atomic E-state index is 5.00. The van der Waals surface area contributed by atoms with Gasteiger partial charge in [0, 0.05) is 23.5 Å². The second-order valence-electron chi connectivity index (χ2n) is 3.40. The molecule has 1 N–H and O–H groups in total. The van der Waals surface area contributed by atoms with Crippen LogP contribution < -0.4 is 5.32 Å². The average Bonchev–Trinajstić information content (AvgIpc) is 2.79. The first-order valence-electron chi connectivity index (χ1n) is 4.72. The molecule has 15 heavy (non-hydrogen) atoms. The normalized spacial score (nSPS) is 10.8. The van der Waals surface area contributed by atoms with Gasteiger partial charge in [-0.15, -0.1) is 11.3 Å². The minimum atomic E-state index is 0.852. The van der Waals surface area contributed by atoms with Crippen LogP contribution in [0.4, 0.5) is 0 Å². The van der Waals surface area contributed by atoms with E-state index < -0.39 is 0 Å². The molecule has 0 atom stereocenters. The van der Waals surface area contributed by atoms with Crippen LogP contribution in [0.1, 0.15) is 16.0 Å². The summed E-state index contributed by atoms with van der Waals surface area (Å²) in [5.74, 6) is 0. The molecule has 0 aliphatic carbocycles. The van der Waals surface area contributed by atoms with Gasteiger partial charge >= 0.3 is 0 Å². The van der Waals surface area contributed by atoms with Crippen molar-refractivity contribution in [2.75, 3.05) is 0 Å². The number of hydrogen-bond acceptors (Lipinski definition) is 3. The first kappa shape index (κ1) is 10.9. The summed E-state index contributed by atoms with van der Waals surface area (Å²) in [4.78, 5) is 1.35. The van der Waals surface area contributed by atoms with Crippen molar-refractivity contribution in [2.45, 2.75) is 20.0 Å². The molecule has 0 saturated heterocycles. The Balaban J connectivity index is 1.83. The number of thiophene rings is 1. The fraction of sp³-hybridized carbons (Fsp3) is 0.273. The highest BCUT2D eigenvalue weighted by Crippen LogP contribution is 2.27. The van der Waals surface area contributed by atoms with Crippen molar-refractivity contribution in [2.24, 2.45) is 0 Å². The van der Waals surface area contributed by atoms with Gasteiger partial charge in [-0.25, -0.2) is 0 Å². The third-order valence-corrected chi connectivity index (χ3v) is 4.25. The van der Waals surface area contributed by atoms with Crippen molar-refractivity contribution in [3.05, 3.63) is 44.4 Å². The van der Waals surface area contributed by atoms with E-state index >= 15 is 0 Å². The highest BCUT2D eigenvalue weighted by atomic mass is 79.9. The zero-order valence-electron chi connectivity index (χ0n) is 8.42. The van der Waals surface area contributed by atoms with Crippen molar-refractivity contribution in [3.63, 3.8) is 0 Å². The number of hydrogen-bond donors (Lipinski definition) is 1. The topological polar surface area (TPSA) is 25.2 Å². The predicted molar refractivity (Wildman–Crippen MR) is 66.0 cm³/mol. The highest BCUT2D eigenvalue weighted by Gasteiger charge is 2.02. The lowest BCUT2D eigenvalue weighted by Crippen LogP contribution is -2.10. The number of furan rings is 1. The lowest BCUT2D eigenvalue weighted by atomic mass is 10.3. The van der Waals surface area contributed by atoms with Crippen LogP contribution in [-0.4, -0.2) is 0 Å². The van der Waals surface area contributed by atoms with Crippen molar-refractivity contribution < 1.29 is 4.42 Å². The fourth-order valence-corrected chi connectivity index (χ4v) is 2.93. The van der Waals surface area contributed by atoms with Gasteiger partial charge in [-0.3, -0.25) is 0 Å². The summed E-state index contributed by atoms with van der Waals surface area (Å²) in [6.45, 7) is 3.87. The zero-order chi connectivity index (χ0) is 10.7. The largest absolute Gasteiger partial charge is 0.472 e. The van der Waals surface area contributed by atoms with Crippen LogP contribution in [0.25, 0.3) is 0 Å². The summed E-state index contributed by atoms with van der Waals surface area (Å²) in [6.07, 6.45) is 3.46. The molecular weight excluding hydrogens is 274 g/mol. The highest BCUT2D eigenvalue weighted by molar-refractivity contribution is 9.11. The predicted octanol–water partition coefficient (Wildman–Crippen LogP) is 3.70. The molecular formula is C11H12BrNOS. The number of rotatable bonds is 4. The SMILES string of the molecule is Cc1cc(CNCc2ccoc2)sc1Br. The van der Waals surface area contributed by atoms with E-state index in [4.69, 9.17) is 4.42 Å². The lowest BCUT2D eigenvalue weighted by Gasteiger charge is -1.99. The molecule has 2 aromatic heterocycles. The number of aryl methyl sites for hydroxylation is 1. The average molecular weight is 286 g/mol. The second kappa shape index (κ2) is 4.96. The molecule has 0 aromatic carbocycles. The molecule has 2 rings (SSSR count). The minimum absolute atomic E-state index is 0.852. The van der Waals surface area contributed by atoms with Gasteiger partial charge in [0.05, 0.1) is 16.3 Å². The fourth-order valence-electron chi connectivity index (χ4n) is 1.33. The molecule has 0 fully saturated rings. The van der Waals surface area contributed by atoms with Crippen LogP contribution >= 0.6 is 27.3 Å². The van der Waals surface area contributed by atoms with E-state index in [2.05, 4.69) is 34.2 Å². The summed E-state index contributed by atoms with van der Waals surface area (Å²) in [5.41, 5.74) is 2.49. The summed E-state index contributed by atoms with van der Waals surface area (Å²) in [6, 6.07) is 4.18. The summed E-state index contributed by atoms with van der Waals surface area (Å²) < 4.78 is 6.22. The molecule has 80 valence electrons. The molecule has 2 nitrogen and oxygen atoms in total. The summed E-state index contributed by atoms with van der Waals surface area (Å²) >= 11 is 5.30. The van der Waals surface area contributed by atoms with Crippen molar-refractivity contribution in [1.29, 1.82) is 0 Å². The third kappa shape index (κ3) is 2.93. The molecule has 0 bridgehead atoms. The van der Waals surface area contributed by atoms with Crippen LogP contribution in [0.3, 0.4) is 0 Å². The van der Waals surface area contributed by atoms with Gasteiger partial charge < -0.3 is 9.73 Å². The monoisotopic (exact) mass is 285 g/mol. The quantitative estimate of drug-likeness (QED) is 0.927. The van der Waals surface area contributed by atoms with Crippen LogP contribution in [0, 0.1) is 6.92 Å². The second-order valence-corrected chi connectivity index (χ2v) is 5.86. The van der Waals surface area contributed by atoms with Crippen molar-refractivity contribution >= 4 is 27.3 Å². The Labute approximate surface area is 101 Å². The maximum Gasteiger partial charge on any atom is 0.0947 e. The maximum atomic E-state index is 5.00. The first-order valence-corrected chi connectivity index (χ1v) is 6.33. The van der Waals surface area contributed by atoms with Gasteiger partial charge in [-0.05, 0) is 40.5 Å². The Kier molecular flexibility index (Phi) is 3.61. The number of halogens is 1. The molecule has 4 heteroatoms. The molecule has 0 amide bonds. The van der Waals surface area contributed by atoms with Crippen molar-refractivity contribution in [3.8, 4) is 0 Å². The summed E-state index contributed by atoms with van der Waals surface area (Å²) in [7, 11) is 0. The van der Waals surface area contributed by atoms with Gasteiger partial charge in [-0.1, -0.05) is 0 Å². The van der Waals surface area contributed by atoms with Gasteiger partial charge in [0.1, 0.15) is 0 Å². The van der Waals surface area contributed by atoms with E-state index in [-0.39, 0.29) is 0 Å². The van der Waals surface area contributed by atoms with E-state index in [9.17, 15) is 0 Å². The molecule has 2 aromatic rings. The Bertz CT molecular complexity index is 402. The Morgan fingerprint density at radius 1 is 1.47 bits per heavy atom. The summed E-state index contributed by atoms with van der Waals surface area (Å²) in [5, 5.41) is 3.37. The Morgan fingerprint density at radius 3 is 2.93 bits per heavy atom. The van der Waals surface area contributed by atoms with Gasteiger partial charge in [0.15, 0.2) is 0 Å². The molecule has 0 unspecified atom stereocenters. The molecule has 0 saturated carbocycles. The van der Waals surface area contributed by atoms with Crippen LogP contribution in [0.2, 0.25) is 0 Å². The van der Waals surface area contributed by atoms with Crippen LogP contribution in [0.5, 0.6) is 0 Å². The van der Waals surface area contributed by atoms with E-state index in [0.29, 0.717) is 0 Å². The Morgan fingerprint density at radius 2 is 2.33 bits per heavy atom. The minimum Gasteiger partial charge on any atom is -0.472 e. The van der Waals surface area contributed by atoms with E-state index in [0.717, 1.165) is 13.1 Å². The van der Waals surface area contributed by atoms with E-state index in [1.165, 1.54) is 19.8 Å². The lowest BCUT2D eigenvalue weighted by molar-refractivity contribution is 0.560. The molecule has 0 radical (unpaired) electrons. The zero-order valence-corrected chi connectivity index (χ0v) is 10.8. The first-order chi connectivity index (χ1) is 7.25. The van der Waals surface area contributed by atoms with E-state index in [1.807, 2.05) is 6.07 Å². The molecule has 2 heterocycles. The molecule has 0 spiro atoms. The van der Waals surface area contributed by atoms with Crippen LogP contribution in [0.15, 0.2) is 32.9 Å². The van der Waals surface area contributed by atoms with Gasteiger partial charge in [0.2, 0.25) is 0 Å². The molecule has 0 aliphatic heterocycles. The van der Waals surface area contributed by atoms with Gasteiger partial charge in [0.25, 0.3) is 0 Å². The van der Waals surface area contributed by atoms with Crippen molar-refractivity contribution in [1.82, 2.24) is 5.32 Å². The number of nitrogens with one attached hydrogen (secondary N) is 1.